The van der Waals surface area contributed by atoms with Crippen LogP contribution in [0.5, 0.6) is 0 Å². The van der Waals surface area contributed by atoms with Crippen LogP contribution in [0.4, 0.5) is 5.69 Å². The zero-order valence-electron chi connectivity index (χ0n) is 12.6. The molecule has 110 valence electrons. The molecule has 1 amide bonds. The van der Waals surface area contributed by atoms with E-state index in [0.29, 0.717) is 17.5 Å². The maximum atomic E-state index is 11.9. The summed E-state index contributed by atoms with van der Waals surface area (Å²) in [4.78, 5) is 14.1. The van der Waals surface area contributed by atoms with Crippen molar-refractivity contribution in [2.75, 3.05) is 25.0 Å². The van der Waals surface area contributed by atoms with Crippen molar-refractivity contribution in [2.45, 2.75) is 20.8 Å². The van der Waals surface area contributed by atoms with E-state index in [2.05, 4.69) is 19.2 Å². The summed E-state index contributed by atoms with van der Waals surface area (Å²) in [5.74, 6) is 0.437. The molecule has 0 aromatic heterocycles. The average molecular weight is 293 g/mol. The van der Waals surface area contributed by atoms with E-state index in [1.807, 2.05) is 37.1 Å². The zero-order chi connectivity index (χ0) is 15.3. The van der Waals surface area contributed by atoms with Crippen LogP contribution in [0.15, 0.2) is 18.2 Å². The fraction of sp³-hybridized carbons (Fsp3) is 0.467. The molecule has 0 aliphatic carbocycles. The van der Waals surface area contributed by atoms with Gasteiger partial charge in [-0.2, -0.15) is 0 Å². The standard InChI is InChI=1S/C15H23N3OS/c1-10(2)8-17-14(19)9-18(4)13-7-11(3)5-6-12(13)15(16)20/h5-7,10H,8-9H2,1-4H3,(H2,16,20)(H,17,19). The van der Waals surface area contributed by atoms with Crippen molar-refractivity contribution in [3.63, 3.8) is 0 Å². The molecule has 0 fully saturated rings. The molecular weight excluding hydrogens is 270 g/mol. The minimum absolute atomic E-state index is 0.00315. The molecule has 0 radical (unpaired) electrons. The highest BCUT2D eigenvalue weighted by Crippen LogP contribution is 2.21. The van der Waals surface area contributed by atoms with Crippen LogP contribution < -0.4 is 16.0 Å². The van der Waals surface area contributed by atoms with Crippen LogP contribution >= 0.6 is 12.2 Å². The van der Waals surface area contributed by atoms with Gasteiger partial charge in [0, 0.05) is 24.8 Å². The van der Waals surface area contributed by atoms with Crippen LogP contribution in [-0.2, 0) is 4.79 Å². The summed E-state index contributed by atoms with van der Waals surface area (Å²) in [6.45, 7) is 7.10. The lowest BCUT2D eigenvalue weighted by atomic mass is 10.1. The molecule has 0 heterocycles. The molecule has 5 heteroatoms. The number of hydrogen-bond acceptors (Lipinski definition) is 3. The highest BCUT2D eigenvalue weighted by atomic mass is 32.1. The number of thiocarbonyl (C=S) groups is 1. The molecule has 0 unspecified atom stereocenters. The van der Waals surface area contributed by atoms with E-state index in [-0.39, 0.29) is 12.5 Å². The maximum absolute atomic E-state index is 11.9. The summed E-state index contributed by atoms with van der Waals surface area (Å²) < 4.78 is 0. The van der Waals surface area contributed by atoms with Crippen molar-refractivity contribution in [1.82, 2.24) is 5.32 Å². The molecule has 0 aliphatic rings. The van der Waals surface area contributed by atoms with Gasteiger partial charge in [-0.05, 0) is 30.5 Å². The number of hydrogen-bond donors (Lipinski definition) is 2. The number of rotatable bonds is 6. The molecule has 1 aromatic rings. The first-order valence-electron chi connectivity index (χ1n) is 6.69. The molecule has 1 rings (SSSR count). The van der Waals surface area contributed by atoms with E-state index >= 15 is 0 Å². The number of carbonyl (C=O) groups excluding carboxylic acids is 1. The summed E-state index contributed by atoms with van der Waals surface area (Å²) >= 11 is 5.06. The summed E-state index contributed by atoms with van der Waals surface area (Å²) in [6, 6.07) is 5.85. The molecule has 1 aromatic carbocycles. The lowest BCUT2D eigenvalue weighted by Gasteiger charge is -2.22. The van der Waals surface area contributed by atoms with Gasteiger partial charge in [-0.15, -0.1) is 0 Å². The van der Waals surface area contributed by atoms with Gasteiger partial charge in [-0.1, -0.05) is 32.1 Å². The van der Waals surface area contributed by atoms with Gasteiger partial charge in [0.15, 0.2) is 0 Å². The minimum Gasteiger partial charge on any atom is -0.389 e. The van der Waals surface area contributed by atoms with Crippen molar-refractivity contribution < 1.29 is 4.79 Å². The third-order valence-corrected chi connectivity index (χ3v) is 3.14. The molecule has 3 N–H and O–H groups in total. The Labute approximate surface area is 126 Å². The molecule has 0 saturated heterocycles. The topological polar surface area (TPSA) is 58.4 Å². The van der Waals surface area contributed by atoms with Gasteiger partial charge in [0.2, 0.25) is 5.91 Å². The fourth-order valence-electron chi connectivity index (χ4n) is 1.84. The zero-order valence-corrected chi connectivity index (χ0v) is 13.4. The van der Waals surface area contributed by atoms with E-state index in [1.54, 1.807) is 0 Å². The SMILES string of the molecule is Cc1ccc(C(N)=S)c(N(C)CC(=O)NCC(C)C)c1. The van der Waals surface area contributed by atoms with E-state index in [0.717, 1.165) is 16.8 Å². The van der Waals surface area contributed by atoms with Crippen molar-refractivity contribution in [2.24, 2.45) is 11.7 Å². The molecule has 0 aliphatic heterocycles. The second-order valence-electron chi connectivity index (χ2n) is 5.44. The van der Waals surface area contributed by atoms with Crippen LogP contribution in [0.2, 0.25) is 0 Å². The number of benzene rings is 1. The number of anilines is 1. The number of aryl methyl sites for hydroxylation is 1. The largest absolute Gasteiger partial charge is 0.389 e. The van der Waals surface area contributed by atoms with Gasteiger partial charge in [-0.25, -0.2) is 0 Å². The number of nitrogens with zero attached hydrogens (tertiary/aromatic N) is 1. The average Bonchev–Trinajstić information content (AvgIpc) is 2.35. The molecule has 0 spiro atoms. The molecule has 0 atom stereocenters. The Kier molecular flexibility index (Phi) is 5.95. The predicted molar refractivity (Wildman–Crippen MR) is 88.2 cm³/mol. The number of nitrogens with two attached hydrogens (primary N) is 1. The van der Waals surface area contributed by atoms with Gasteiger partial charge in [0.05, 0.1) is 6.54 Å². The Balaban J connectivity index is 2.81. The Hall–Kier alpha value is -1.62. The normalized spacial score (nSPS) is 10.4. The van der Waals surface area contributed by atoms with E-state index < -0.39 is 0 Å². The molecular formula is C15H23N3OS. The second-order valence-corrected chi connectivity index (χ2v) is 5.88. The summed E-state index contributed by atoms with van der Waals surface area (Å²) in [7, 11) is 1.87. The molecule has 20 heavy (non-hydrogen) atoms. The lowest BCUT2D eigenvalue weighted by Crippen LogP contribution is -2.37. The van der Waals surface area contributed by atoms with Crippen LogP contribution in [0.1, 0.15) is 25.0 Å². The Morgan fingerprint density at radius 2 is 2.10 bits per heavy atom. The predicted octanol–water partition coefficient (Wildman–Crippen LogP) is 1.84. The maximum Gasteiger partial charge on any atom is 0.239 e. The van der Waals surface area contributed by atoms with Crippen molar-refractivity contribution in [3.8, 4) is 0 Å². The van der Waals surface area contributed by atoms with Crippen LogP contribution in [0, 0.1) is 12.8 Å². The molecule has 0 saturated carbocycles. The number of likely N-dealkylation sites (N-methyl/N-ethyl adjacent to an activating group) is 1. The number of amides is 1. The van der Waals surface area contributed by atoms with Crippen molar-refractivity contribution in [1.29, 1.82) is 0 Å². The highest BCUT2D eigenvalue weighted by Gasteiger charge is 2.13. The van der Waals surface area contributed by atoms with Gasteiger partial charge < -0.3 is 16.0 Å². The van der Waals surface area contributed by atoms with Gasteiger partial charge >= 0.3 is 0 Å². The van der Waals surface area contributed by atoms with E-state index in [9.17, 15) is 4.79 Å². The van der Waals surface area contributed by atoms with Crippen molar-refractivity contribution >= 4 is 28.8 Å². The highest BCUT2D eigenvalue weighted by molar-refractivity contribution is 7.80. The monoisotopic (exact) mass is 293 g/mol. The first-order chi connectivity index (χ1) is 9.31. The second kappa shape index (κ2) is 7.24. The van der Waals surface area contributed by atoms with Crippen LogP contribution in [-0.4, -0.2) is 31.0 Å². The fourth-order valence-corrected chi connectivity index (χ4v) is 2.01. The Morgan fingerprint density at radius 1 is 1.45 bits per heavy atom. The Bertz CT molecular complexity index is 500. The summed E-state index contributed by atoms with van der Waals surface area (Å²) in [6.07, 6.45) is 0. The van der Waals surface area contributed by atoms with Gasteiger partial charge in [-0.3, -0.25) is 4.79 Å². The number of nitrogens with one attached hydrogen (secondary N) is 1. The smallest absolute Gasteiger partial charge is 0.239 e. The van der Waals surface area contributed by atoms with E-state index in [1.165, 1.54) is 0 Å². The van der Waals surface area contributed by atoms with Gasteiger partial charge in [0.1, 0.15) is 4.99 Å². The first-order valence-corrected chi connectivity index (χ1v) is 7.10. The summed E-state index contributed by atoms with van der Waals surface area (Å²) in [5.41, 5.74) is 8.52. The Morgan fingerprint density at radius 3 is 2.65 bits per heavy atom. The third kappa shape index (κ3) is 4.81. The lowest BCUT2D eigenvalue weighted by molar-refractivity contribution is -0.119. The van der Waals surface area contributed by atoms with Crippen LogP contribution in [0.3, 0.4) is 0 Å². The quantitative estimate of drug-likeness (QED) is 0.786. The van der Waals surface area contributed by atoms with Crippen LogP contribution in [0.25, 0.3) is 0 Å². The summed E-state index contributed by atoms with van der Waals surface area (Å²) in [5, 5.41) is 2.90. The molecule has 0 bridgehead atoms. The van der Waals surface area contributed by atoms with Gasteiger partial charge in [0.25, 0.3) is 0 Å². The minimum atomic E-state index is -0.00315. The van der Waals surface area contributed by atoms with Crippen molar-refractivity contribution in [3.05, 3.63) is 29.3 Å². The van der Waals surface area contributed by atoms with E-state index in [4.69, 9.17) is 18.0 Å². The number of carbonyl (C=O) groups is 1. The molecule has 4 nitrogen and oxygen atoms in total. The third-order valence-electron chi connectivity index (χ3n) is 2.92. The first kappa shape index (κ1) is 16.4.